The van der Waals surface area contributed by atoms with Gasteiger partial charge < -0.3 is 14.6 Å². The van der Waals surface area contributed by atoms with Gasteiger partial charge in [-0.3, -0.25) is 9.78 Å². The van der Waals surface area contributed by atoms with E-state index >= 15 is 0 Å². The Morgan fingerprint density at radius 1 is 1.00 bits per heavy atom. The first kappa shape index (κ1) is 23.8. The summed E-state index contributed by atoms with van der Waals surface area (Å²) in [4.78, 5) is 20.9. The predicted molar refractivity (Wildman–Crippen MR) is 147 cm³/mol. The lowest BCUT2D eigenvalue weighted by molar-refractivity contribution is 0.0963. The van der Waals surface area contributed by atoms with Crippen molar-refractivity contribution in [3.63, 3.8) is 0 Å². The molecule has 36 heavy (non-hydrogen) atoms. The number of carbonyl (C=O) groups is 1. The maximum absolute atomic E-state index is 11.8. The van der Waals surface area contributed by atoms with Gasteiger partial charge >= 0.3 is 0 Å². The van der Waals surface area contributed by atoms with E-state index in [9.17, 15) is 4.79 Å². The van der Waals surface area contributed by atoms with Gasteiger partial charge in [-0.05, 0) is 71.3 Å². The number of rotatable bonds is 7. The van der Waals surface area contributed by atoms with E-state index in [4.69, 9.17) is 21.3 Å². The number of nitrogens with one attached hydrogen (secondary N) is 1. The molecule has 2 heterocycles. The van der Waals surface area contributed by atoms with Crippen LogP contribution in [0.25, 0.3) is 22.2 Å². The Bertz CT molecular complexity index is 1540. The fourth-order valence-corrected chi connectivity index (χ4v) is 4.87. The van der Waals surface area contributed by atoms with E-state index in [0.717, 1.165) is 48.8 Å². The summed E-state index contributed by atoms with van der Waals surface area (Å²) < 4.78 is 8.26. The van der Waals surface area contributed by atoms with E-state index in [-0.39, 0.29) is 12.5 Å². The minimum Gasteiger partial charge on any atom is -0.486 e. The molecule has 5 rings (SSSR count). The highest BCUT2D eigenvalue weighted by Crippen LogP contribution is 2.27. The molecule has 3 aromatic carbocycles. The second-order valence-corrected chi connectivity index (χ2v) is 10.1. The molecule has 8 heteroatoms. The quantitative estimate of drug-likeness (QED) is 0.337. The SMILES string of the molecule is CNC(=O)c1ccc(OCc2nc3ccc(-c4ccncc4)cc3n2Cc2cc([SiH3])ccc2Cl)cc1. The number of aromatic nitrogens is 3. The van der Waals surface area contributed by atoms with Crippen LogP contribution in [0, 0.1) is 0 Å². The van der Waals surface area contributed by atoms with Gasteiger partial charge in [-0.25, -0.2) is 4.98 Å². The topological polar surface area (TPSA) is 69.0 Å². The normalized spacial score (nSPS) is 11.1. The summed E-state index contributed by atoms with van der Waals surface area (Å²) in [6, 6.07) is 23.5. The van der Waals surface area contributed by atoms with Crippen LogP contribution in [-0.4, -0.2) is 37.7 Å². The minimum atomic E-state index is -0.133. The van der Waals surface area contributed by atoms with Crippen molar-refractivity contribution in [2.45, 2.75) is 13.2 Å². The molecule has 0 saturated heterocycles. The molecular weight excluding hydrogens is 488 g/mol. The average molecular weight is 513 g/mol. The molecule has 2 aromatic heterocycles. The van der Waals surface area contributed by atoms with Crippen molar-refractivity contribution in [3.05, 3.63) is 107 Å². The summed E-state index contributed by atoms with van der Waals surface area (Å²) in [6.07, 6.45) is 3.59. The van der Waals surface area contributed by atoms with Crippen molar-refractivity contribution < 1.29 is 9.53 Å². The van der Waals surface area contributed by atoms with E-state index in [1.807, 2.05) is 24.3 Å². The van der Waals surface area contributed by atoms with Gasteiger partial charge in [0.15, 0.2) is 0 Å². The van der Waals surface area contributed by atoms with Crippen molar-refractivity contribution in [2.75, 3.05) is 7.05 Å². The van der Waals surface area contributed by atoms with Gasteiger partial charge in [-0.2, -0.15) is 0 Å². The van der Waals surface area contributed by atoms with Crippen LogP contribution >= 0.6 is 11.6 Å². The second-order valence-electron chi connectivity index (χ2n) is 8.54. The predicted octanol–water partition coefficient (Wildman–Crippen LogP) is 3.73. The molecule has 6 nitrogen and oxygen atoms in total. The lowest BCUT2D eigenvalue weighted by atomic mass is 10.1. The van der Waals surface area contributed by atoms with Gasteiger partial charge in [0.2, 0.25) is 0 Å². The van der Waals surface area contributed by atoms with Crippen LogP contribution in [-0.2, 0) is 13.2 Å². The van der Waals surface area contributed by atoms with E-state index < -0.39 is 0 Å². The summed E-state index contributed by atoms with van der Waals surface area (Å²) in [5, 5.41) is 4.64. The molecule has 0 unspecified atom stereocenters. The number of benzene rings is 3. The van der Waals surface area contributed by atoms with Crippen LogP contribution in [0.3, 0.4) is 0 Å². The number of imidazole rings is 1. The largest absolute Gasteiger partial charge is 0.486 e. The summed E-state index contributed by atoms with van der Waals surface area (Å²) >= 11 is 6.58. The third-order valence-electron chi connectivity index (χ3n) is 6.08. The molecule has 1 amide bonds. The van der Waals surface area contributed by atoms with Crippen molar-refractivity contribution in [1.82, 2.24) is 19.9 Å². The number of amides is 1. The zero-order chi connectivity index (χ0) is 25.1. The van der Waals surface area contributed by atoms with E-state index in [1.54, 1.807) is 43.7 Å². The van der Waals surface area contributed by atoms with Gasteiger partial charge in [0.1, 0.15) is 18.2 Å². The molecular formula is C28H25ClN4O2Si. The third-order valence-corrected chi connectivity index (χ3v) is 7.07. The Morgan fingerprint density at radius 2 is 1.78 bits per heavy atom. The maximum Gasteiger partial charge on any atom is 0.251 e. The number of hydrogen-bond donors (Lipinski definition) is 1. The number of hydrogen-bond acceptors (Lipinski definition) is 4. The first-order valence-corrected chi connectivity index (χ1v) is 13.0. The standard InChI is InChI=1S/C28H25ClN4O2Si/c1-30-28(34)19-2-5-22(6-3-19)35-17-27-32-25-9-4-20(18-10-12-31-13-11-18)15-26(25)33(27)16-21-14-23(36)7-8-24(21)29/h2-15H,16-17H2,1,36H3,(H,30,34). The Hall–Kier alpha value is -3.94. The molecule has 0 aliphatic heterocycles. The molecule has 0 fully saturated rings. The maximum atomic E-state index is 11.8. The van der Waals surface area contributed by atoms with E-state index in [1.165, 1.54) is 5.19 Å². The molecule has 180 valence electrons. The molecule has 0 aliphatic rings. The molecule has 0 aliphatic carbocycles. The zero-order valence-electron chi connectivity index (χ0n) is 20.0. The zero-order valence-corrected chi connectivity index (χ0v) is 22.8. The molecule has 1 N–H and O–H groups in total. The number of nitrogens with zero attached hydrogens (tertiary/aromatic N) is 3. The van der Waals surface area contributed by atoms with Gasteiger partial charge in [0.05, 0.1) is 17.6 Å². The average Bonchev–Trinajstić information content (AvgIpc) is 3.26. The Morgan fingerprint density at radius 3 is 2.53 bits per heavy atom. The lowest BCUT2D eigenvalue weighted by Gasteiger charge is -2.13. The highest BCUT2D eigenvalue weighted by atomic mass is 35.5. The highest BCUT2D eigenvalue weighted by Gasteiger charge is 2.15. The van der Waals surface area contributed by atoms with Crippen LogP contribution in [0.5, 0.6) is 5.75 Å². The van der Waals surface area contributed by atoms with Crippen molar-refractivity contribution in [2.24, 2.45) is 0 Å². The fraction of sp³-hybridized carbons (Fsp3) is 0.107. The summed E-state index contributed by atoms with van der Waals surface area (Å²) in [5.41, 5.74) is 5.71. The number of ether oxygens (including phenoxy) is 1. The molecule has 0 radical (unpaired) electrons. The monoisotopic (exact) mass is 512 g/mol. The van der Waals surface area contributed by atoms with Crippen molar-refractivity contribution >= 4 is 44.0 Å². The molecule has 0 atom stereocenters. The van der Waals surface area contributed by atoms with Crippen LogP contribution in [0.1, 0.15) is 21.7 Å². The molecule has 0 spiro atoms. The van der Waals surface area contributed by atoms with Crippen LogP contribution in [0.2, 0.25) is 5.02 Å². The minimum absolute atomic E-state index is 0.133. The Kier molecular flexibility index (Phi) is 6.84. The summed E-state index contributed by atoms with van der Waals surface area (Å²) in [5.74, 6) is 1.33. The van der Waals surface area contributed by atoms with Crippen molar-refractivity contribution in [1.29, 1.82) is 0 Å². The first-order chi connectivity index (χ1) is 17.5. The molecule has 5 aromatic rings. The van der Waals surface area contributed by atoms with Gasteiger partial charge in [0, 0.05) is 40.3 Å². The Labute approximate surface area is 217 Å². The van der Waals surface area contributed by atoms with Crippen LogP contribution < -0.4 is 15.2 Å². The van der Waals surface area contributed by atoms with Gasteiger partial charge in [-0.15, -0.1) is 0 Å². The number of carbonyl (C=O) groups excluding carboxylic acids is 1. The number of fused-ring (bicyclic) bond motifs is 1. The van der Waals surface area contributed by atoms with Gasteiger partial charge in [0.25, 0.3) is 5.91 Å². The number of halogens is 1. The molecule has 0 saturated carbocycles. The lowest BCUT2D eigenvalue weighted by Crippen LogP contribution is -2.17. The van der Waals surface area contributed by atoms with E-state index in [2.05, 4.69) is 39.1 Å². The second kappa shape index (κ2) is 10.4. The Balaban J connectivity index is 1.52. The van der Waals surface area contributed by atoms with Crippen molar-refractivity contribution in [3.8, 4) is 16.9 Å². The molecule has 0 bridgehead atoms. The summed E-state index contributed by atoms with van der Waals surface area (Å²) in [7, 11) is 2.56. The smallest absolute Gasteiger partial charge is 0.251 e. The van der Waals surface area contributed by atoms with Crippen LogP contribution in [0.4, 0.5) is 0 Å². The van der Waals surface area contributed by atoms with Crippen LogP contribution in [0.15, 0.2) is 85.2 Å². The highest BCUT2D eigenvalue weighted by molar-refractivity contribution is 6.34. The van der Waals surface area contributed by atoms with E-state index in [0.29, 0.717) is 17.9 Å². The first-order valence-electron chi connectivity index (χ1n) is 11.6. The fourth-order valence-electron chi connectivity index (χ4n) is 4.17. The van der Waals surface area contributed by atoms with Gasteiger partial charge in [-0.1, -0.05) is 35.0 Å². The third kappa shape index (κ3) is 5.03. The summed E-state index contributed by atoms with van der Waals surface area (Å²) in [6.45, 7) is 0.857. The number of pyridine rings is 1.